The van der Waals surface area contributed by atoms with E-state index in [0.717, 1.165) is 0 Å². The molecule has 1 atom stereocenters. The maximum Gasteiger partial charge on any atom is 0.0814 e. The van der Waals surface area contributed by atoms with E-state index in [9.17, 15) is 0 Å². The average molecular weight is 110 g/mol. The third kappa shape index (κ3) is 54.9. The van der Waals surface area contributed by atoms with Gasteiger partial charge in [0.2, 0.25) is 0 Å². The fraction of sp³-hybridized carbons (Fsp3) is 1.00. The molecular weight excluding hydrogens is 97.9 g/mol. The van der Waals surface area contributed by atoms with Crippen molar-refractivity contribution < 1.29 is 0 Å². The standard InChI is InChI=1S/C2H6S.BH3.H3P/c1-3-2;;/h1-2H3;2*1H3. The summed E-state index contributed by atoms with van der Waals surface area (Å²) in [6, 6.07) is 0. The third-order valence-electron chi connectivity index (χ3n) is 0. The lowest BCUT2D eigenvalue weighted by molar-refractivity contribution is 2.37. The summed E-state index contributed by atoms with van der Waals surface area (Å²) in [5, 5.41) is 0. The number of rotatable bonds is 0. The third-order valence-corrected chi connectivity index (χ3v) is 0. The fourth-order valence-electron chi connectivity index (χ4n) is 0. The normalized spacial score (nSPS) is 3.60. The van der Waals surface area contributed by atoms with Crippen molar-refractivity contribution in [1.29, 1.82) is 0 Å². The van der Waals surface area contributed by atoms with E-state index in [0.29, 0.717) is 0 Å². The minimum absolute atomic E-state index is 0. The Morgan fingerprint density at radius 1 is 1.20 bits per heavy atom. The van der Waals surface area contributed by atoms with Crippen molar-refractivity contribution in [3.8, 4) is 0 Å². The van der Waals surface area contributed by atoms with Crippen LogP contribution in [0.4, 0.5) is 0 Å². The Balaban J connectivity index is -0.0000000200. The summed E-state index contributed by atoms with van der Waals surface area (Å²) in [7, 11) is 0. The van der Waals surface area contributed by atoms with E-state index in [1.165, 1.54) is 0 Å². The summed E-state index contributed by atoms with van der Waals surface area (Å²) in [4.78, 5) is 0. The summed E-state index contributed by atoms with van der Waals surface area (Å²) in [5.41, 5.74) is 0. The summed E-state index contributed by atoms with van der Waals surface area (Å²) in [5.74, 6) is 0. The first-order valence-corrected chi connectivity index (χ1v) is 2.45. The highest BCUT2D eigenvalue weighted by atomic mass is 32.2. The quantitative estimate of drug-likeness (QED) is 0.308. The smallest absolute Gasteiger partial charge is 0.0814 e. The second-order valence-electron chi connectivity index (χ2n) is 0.408. The van der Waals surface area contributed by atoms with Gasteiger partial charge in [-0.25, -0.2) is 0 Å². The van der Waals surface area contributed by atoms with Crippen LogP contribution in [-0.2, 0) is 0 Å². The summed E-state index contributed by atoms with van der Waals surface area (Å²) in [6.45, 7) is 0. The Hall–Kier alpha value is 0.845. The second kappa shape index (κ2) is 21.0. The van der Waals surface area contributed by atoms with Gasteiger partial charge in [0.15, 0.2) is 0 Å². The van der Waals surface area contributed by atoms with Gasteiger partial charge in [0.25, 0.3) is 0 Å². The van der Waals surface area contributed by atoms with E-state index in [4.69, 9.17) is 0 Å². The molecule has 0 aliphatic rings. The Bertz CT molecular complexity index is 9.61. The van der Waals surface area contributed by atoms with E-state index < -0.39 is 0 Å². The van der Waals surface area contributed by atoms with E-state index in [1.54, 1.807) is 11.8 Å². The molecule has 0 nitrogen and oxygen atoms in total. The predicted molar refractivity (Wildman–Crippen MR) is 40.5 cm³/mol. The maximum absolute atomic E-state index is 2.04. The molecule has 0 heterocycles. The maximum atomic E-state index is 2.04. The molecule has 0 radical (unpaired) electrons. The first-order chi connectivity index (χ1) is 1.41. The molecular formula is C2H12BPS. The van der Waals surface area contributed by atoms with Crippen molar-refractivity contribution >= 4 is 30.1 Å². The zero-order chi connectivity index (χ0) is 2.71. The van der Waals surface area contributed by atoms with Gasteiger partial charge < -0.3 is 0 Å². The van der Waals surface area contributed by atoms with Crippen molar-refractivity contribution in [3.05, 3.63) is 0 Å². The molecule has 0 aliphatic carbocycles. The Morgan fingerprint density at radius 3 is 1.20 bits per heavy atom. The zero-order valence-corrected chi connectivity index (χ0v) is 5.35. The SMILES string of the molecule is B.CSC.P. The topological polar surface area (TPSA) is 0 Å². The fourth-order valence-corrected chi connectivity index (χ4v) is 0. The minimum Gasteiger partial charge on any atom is -0.169 e. The van der Waals surface area contributed by atoms with Crippen LogP contribution in [0, 0.1) is 0 Å². The van der Waals surface area contributed by atoms with Crippen LogP contribution in [0.5, 0.6) is 0 Å². The van der Waals surface area contributed by atoms with E-state index in [-0.39, 0.29) is 18.3 Å². The molecule has 0 rings (SSSR count). The molecule has 0 aromatic rings. The van der Waals surface area contributed by atoms with Gasteiger partial charge in [-0.05, 0) is 12.5 Å². The Morgan fingerprint density at radius 2 is 1.20 bits per heavy atom. The molecule has 0 bridgehead atoms. The molecule has 0 saturated heterocycles. The van der Waals surface area contributed by atoms with Crippen molar-refractivity contribution in [1.82, 2.24) is 0 Å². The van der Waals surface area contributed by atoms with Gasteiger partial charge in [0.1, 0.15) is 0 Å². The average Bonchev–Trinajstić information content (AvgIpc) is 0.918. The molecule has 0 spiro atoms. The largest absolute Gasteiger partial charge is 0.169 e. The molecule has 0 aromatic heterocycles. The van der Waals surface area contributed by atoms with Crippen LogP contribution >= 0.6 is 21.7 Å². The molecule has 0 amide bonds. The molecule has 1 unspecified atom stereocenters. The first-order valence-electron chi connectivity index (χ1n) is 0.816. The van der Waals surface area contributed by atoms with E-state index >= 15 is 0 Å². The number of thioether (sulfide) groups is 1. The van der Waals surface area contributed by atoms with Gasteiger partial charge in [-0.2, -0.15) is 21.7 Å². The van der Waals surface area contributed by atoms with Crippen LogP contribution in [0.3, 0.4) is 0 Å². The van der Waals surface area contributed by atoms with Crippen molar-refractivity contribution in [2.75, 3.05) is 12.5 Å². The van der Waals surface area contributed by atoms with Crippen molar-refractivity contribution in [2.24, 2.45) is 0 Å². The van der Waals surface area contributed by atoms with Gasteiger partial charge in [0, 0.05) is 0 Å². The molecule has 0 fully saturated rings. The van der Waals surface area contributed by atoms with Gasteiger partial charge in [-0.15, -0.1) is 0 Å². The van der Waals surface area contributed by atoms with Crippen LogP contribution in [0.15, 0.2) is 0 Å². The highest BCUT2D eigenvalue weighted by Crippen LogP contribution is 1.70. The summed E-state index contributed by atoms with van der Waals surface area (Å²) in [6.07, 6.45) is 4.08. The number of hydrogen-bond donors (Lipinski definition) is 0. The molecule has 0 aromatic carbocycles. The van der Waals surface area contributed by atoms with E-state index in [1.807, 2.05) is 12.5 Å². The summed E-state index contributed by atoms with van der Waals surface area (Å²) >= 11 is 1.75. The highest BCUT2D eigenvalue weighted by Gasteiger charge is 1.32. The van der Waals surface area contributed by atoms with Crippen LogP contribution in [0.1, 0.15) is 0 Å². The highest BCUT2D eigenvalue weighted by molar-refractivity contribution is 7.97. The predicted octanol–water partition coefficient (Wildman–Crippen LogP) is -0.147. The lowest BCUT2D eigenvalue weighted by Gasteiger charge is -1.51. The van der Waals surface area contributed by atoms with Gasteiger partial charge in [-0.1, -0.05) is 0 Å². The molecule has 0 N–H and O–H groups in total. The molecule has 0 saturated carbocycles. The van der Waals surface area contributed by atoms with E-state index in [2.05, 4.69) is 0 Å². The van der Waals surface area contributed by atoms with Crippen LogP contribution in [0.2, 0.25) is 0 Å². The minimum atomic E-state index is 0. The van der Waals surface area contributed by atoms with Crippen molar-refractivity contribution in [3.63, 3.8) is 0 Å². The Kier molecular flexibility index (Phi) is 71.3. The van der Waals surface area contributed by atoms with Gasteiger partial charge in [-0.3, -0.25) is 0 Å². The van der Waals surface area contributed by atoms with Gasteiger partial charge in [0.05, 0.1) is 8.41 Å². The van der Waals surface area contributed by atoms with Crippen LogP contribution in [-0.4, -0.2) is 20.9 Å². The van der Waals surface area contributed by atoms with Crippen molar-refractivity contribution in [2.45, 2.75) is 0 Å². The molecule has 0 aliphatic heterocycles. The van der Waals surface area contributed by atoms with Crippen LogP contribution in [0.25, 0.3) is 0 Å². The lowest BCUT2D eigenvalue weighted by Crippen LogP contribution is -1.25. The second-order valence-corrected chi connectivity index (χ2v) is 1.22. The van der Waals surface area contributed by atoms with Gasteiger partial charge >= 0.3 is 0 Å². The Labute approximate surface area is 43.3 Å². The molecule has 5 heavy (non-hydrogen) atoms. The summed E-state index contributed by atoms with van der Waals surface area (Å²) < 4.78 is 0. The zero-order valence-electron chi connectivity index (χ0n) is 3.12. The first kappa shape index (κ1) is 17.0. The molecule has 34 valence electrons. The van der Waals surface area contributed by atoms with Crippen LogP contribution < -0.4 is 0 Å². The number of hydrogen-bond acceptors (Lipinski definition) is 1. The lowest BCUT2D eigenvalue weighted by atomic mass is 10.8. The molecule has 3 heteroatoms. The monoisotopic (exact) mass is 110 g/mol.